The van der Waals surface area contributed by atoms with Crippen LogP contribution in [-0.4, -0.2) is 27.0 Å². The lowest BCUT2D eigenvalue weighted by Crippen LogP contribution is -2.31. The summed E-state index contributed by atoms with van der Waals surface area (Å²) in [6.45, 7) is 3.52. The number of para-hydroxylation sites is 3. The molecule has 0 bridgehead atoms. The topological polar surface area (TPSA) is 53.9 Å². The van der Waals surface area contributed by atoms with Gasteiger partial charge in [0.05, 0.1) is 17.5 Å². The van der Waals surface area contributed by atoms with Crippen LogP contribution in [0.2, 0.25) is 0 Å². The number of anilines is 1. The number of nitrogens with zero attached hydrogens (tertiary/aromatic N) is 3. The van der Waals surface area contributed by atoms with Gasteiger partial charge >= 0.3 is 0 Å². The lowest BCUT2D eigenvalue weighted by molar-refractivity contribution is -0.117. The molecule has 0 spiro atoms. The molecular formula is C20H18N4O. The van der Waals surface area contributed by atoms with Gasteiger partial charge in [-0.05, 0) is 30.7 Å². The van der Waals surface area contributed by atoms with Crippen molar-refractivity contribution in [1.82, 2.24) is 14.5 Å². The highest BCUT2D eigenvalue weighted by Crippen LogP contribution is 2.29. The van der Waals surface area contributed by atoms with E-state index in [0.29, 0.717) is 13.0 Å². The third kappa shape index (κ3) is 2.09. The van der Waals surface area contributed by atoms with E-state index in [0.717, 1.165) is 45.7 Å². The van der Waals surface area contributed by atoms with Crippen molar-refractivity contribution in [1.29, 1.82) is 0 Å². The molecule has 2 aromatic heterocycles. The fourth-order valence-corrected chi connectivity index (χ4v) is 3.83. The Morgan fingerprint density at radius 3 is 2.84 bits per heavy atom. The molecule has 0 aliphatic carbocycles. The van der Waals surface area contributed by atoms with E-state index in [1.54, 1.807) is 0 Å². The van der Waals surface area contributed by atoms with Crippen molar-refractivity contribution >= 4 is 33.8 Å². The molecule has 0 radical (unpaired) electrons. The molecule has 5 rings (SSSR count). The maximum Gasteiger partial charge on any atom is 0.233 e. The normalized spacial score (nSPS) is 13.7. The quantitative estimate of drug-likeness (QED) is 0.612. The van der Waals surface area contributed by atoms with E-state index in [1.165, 1.54) is 0 Å². The van der Waals surface area contributed by atoms with Crippen LogP contribution in [0.15, 0.2) is 48.5 Å². The summed E-state index contributed by atoms with van der Waals surface area (Å²) in [7, 11) is 0. The minimum atomic E-state index is 0.0990. The Kier molecular flexibility index (Phi) is 2.98. The molecule has 5 nitrogen and oxygen atoms in total. The van der Waals surface area contributed by atoms with Crippen LogP contribution in [0.4, 0.5) is 5.95 Å². The van der Waals surface area contributed by atoms with Gasteiger partial charge < -0.3 is 9.55 Å². The number of aryl methyl sites for hydroxylation is 1. The van der Waals surface area contributed by atoms with Crippen LogP contribution in [-0.2, 0) is 17.8 Å². The van der Waals surface area contributed by atoms with Crippen LogP contribution in [0.5, 0.6) is 0 Å². The predicted molar refractivity (Wildman–Crippen MR) is 98.8 cm³/mol. The monoisotopic (exact) mass is 330 g/mol. The minimum absolute atomic E-state index is 0.0990. The summed E-state index contributed by atoms with van der Waals surface area (Å²) >= 11 is 0. The van der Waals surface area contributed by atoms with Crippen molar-refractivity contribution in [3.63, 3.8) is 0 Å². The summed E-state index contributed by atoms with van der Waals surface area (Å²) in [5.74, 6) is 0.866. The molecule has 3 heterocycles. The number of rotatable bonds is 2. The Bertz CT molecular complexity index is 1120. The molecule has 0 saturated heterocycles. The van der Waals surface area contributed by atoms with Crippen molar-refractivity contribution in [2.75, 3.05) is 11.4 Å². The van der Waals surface area contributed by atoms with Gasteiger partial charge in [0.1, 0.15) is 0 Å². The van der Waals surface area contributed by atoms with Gasteiger partial charge in [-0.1, -0.05) is 30.3 Å². The van der Waals surface area contributed by atoms with Gasteiger partial charge in [-0.15, -0.1) is 0 Å². The van der Waals surface area contributed by atoms with Gasteiger partial charge in [0, 0.05) is 29.7 Å². The van der Waals surface area contributed by atoms with Gasteiger partial charge in [0.25, 0.3) is 0 Å². The highest BCUT2D eigenvalue weighted by atomic mass is 16.2. The van der Waals surface area contributed by atoms with Crippen LogP contribution in [0.1, 0.15) is 11.3 Å². The van der Waals surface area contributed by atoms with Gasteiger partial charge in [-0.3, -0.25) is 9.69 Å². The summed E-state index contributed by atoms with van der Waals surface area (Å²) in [5.41, 5.74) is 5.25. The number of aromatic nitrogens is 3. The third-order valence-corrected chi connectivity index (χ3v) is 5.08. The smallest absolute Gasteiger partial charge is 0.233 e. The van der Waals surface area contributed by atoms with E-state index in [9.17, 15) is 4.79 Å². The molecule has 1 aliphatic heterocycles. The lowest BCUT2D eigenvalue weighted by atomic mass is 10.1. The SMILES string of the molecule is Cc1[nH]c2ccccc2c1CC(=O)N1CCn2c1nc1ccccc12. The number of nitrogens with one attached hydrogen (secondary N) is 1. The Hall–Kier alpha value is -3.08. The molecule has 1 N–H and O–H groups in total. The summed E-state index contributed by atoms with van der Waals surface area (Å²) in [4.78, 5) is 22.9. The number of hydrogen-bond donors (Lipinski definition) is 1. The van der Waals surface area contributed by atoms with Crippen LogP contribution < -0.4 is 4.90 Å². The van der Waals surface area contributed by atoms with Crippen LogP contribution in [0.3, 0.4) is 0 Å². The number of benzene rings is 2. The second-order valence-electron chi connectivity index (χ2n) is 6.55. The zero-order valence-corrected chi connectivity index (χ0v) is 14.0. The maximum atomic E-state index is 13.0. The zero-order valence-electron chi connectivity index (χ0n) is 14.0. The summed E-state index contributed by atoms with van der Waals surface area (Å²) in [6, 6.07) is 16.2. The molecule has 0 saturated carbocycles. The number of carbonyl (C=O) groups is 1. The average Bonchev–Trinajstić information content (AvgIpc) is 3.27. The minimum Gasteiger partial charge on any atom is -0.358 e. The fraction of sp³-hybridized carbons (Fsp3) is 0.200. The largest absolute Gasteiger partial charge is 0.358 e. The number of hydrogen-bond acceptors (Lipinski definition) is 2. The Labute approximate surface area is 144 Å². The van der Waals surface area contributed by atoms with Crippen molar-refractivity contribution in [3.05, 3.63) is 59.8 Å². The Balaban J connectivity index is 1.51. The number of amides is 1. The van der Waals surface area contributed by atoms with Crippen molar-refractivity contribution in [3.8, 4) is 0 Å². The predicted octanol–water partition coefficient (Wildman–Crippen LogP) is 3.42. The first-order valence-corrected chi connectivity index (χ1v) is 8.54. The second-order valence-corrected chi connectivity index (χ2v) is 6.55. The van der Waals surface area contributed by atoms with Crippen LogP contribution in [0, 0.1) is 6.92 Å². The molecule has 2 aromatic carbocycles. The van der Waals surface area contributed by atoms with E-state index in [-0.39, 0.29) is 5.91 Å². The highest BCUT2D eigenvalue weighted by Gasteiger charge is 2.28. The first kappa shape index (κ1) is 14.3. The van der Waals surface area contributed by atoms with E-state index < -0.39 is 0 Å². The molecule has 124 valence electrons. The van der Waals surface area contributed by atoms with Gasteiger partial charge in [-0.2, -0.15) is 0 Å². The van der Waals surface area contributed by atoms with E-state index >= 15 is 0 Å². The van der Waals surface area contributed by atoms with Crippen molar-refractivity contribution in [2.45, 2.75) is 19.9 Å². The van der Waals surface area contributed by atoms with Crippen LogP contribution in [0.25, 0.3) is 21.9 Å². The maximum absolute atomic E-state index is 13.0. The number of aromatic amines is 1. The summed E-state index contributed by atoms with van der Waals surface area (Å²) in [5, 5.41) is 1.13. The Morgan fingerprint density at radius 2 is 1.92 bits per heavy atom. The molecule has 1 aliphatic rings. The van der Waals surface area contributed by atoms with Gasteiger partial charge in [0.15, 0.2) is 0 Å². The molecule has 0 atom stereocenters. The van der Waals surface area contributed by atoms with E-state index in [2.05, 4.69) is 26.7 Å². The van der Waals surface area contributed by atoms with Gasteiger partial charge in [0.2, 0.25) is 11.9 Å². The summed E-state index contributed by atoms with van der Waals surface area (Å²) in [6.07, 6.45) is 0.388. The number of H-pyrrole nitrogens is 1. The van der Waals surface area contributed by atoms with Crippen LogP contribution >= 0.6 is 0 Å². The van der Waals surface area contributed by atoms with Crippen molar-refractivity contribution in [2.24, 2.45) is 0 Å². The molecule has 0 fully saturated rings. The molecule has 0 unspecified atom stereocenters. The molecule has 4 aromatic rings. The second kappa shape index (κ2) is 5.21. The standard InChI is InChI=1S/C20H18N4O/c1-13-15(14-6-2-3-7-16(14)21-13)12-19(25)24-11-10-23-18-9-5-4-8-17(18)22-20(23)24/h2-9,21H,10-12H2,1H3. The van der Waals surface area contributed by atoms with Crippen molar-refractivity contribution < 1.29 is 4.79 Å². The van der Waals surface area contributed by atoms with Gasteiger partial charge in [-0.25, -0.2) is 4.98 Å². The van der Waals surface area contributed by atoms with E-state index in [4.69, 9.17) is 0 Å². The number of fused-ring (bicyclic) bond motifs is 4. The van der Waals surface area contributed by atoms with E-state index in [1.807, 2.05) is 48.2 Å². The molecular weight excluding hydrogens is 312 g/mol. The number of imidazole rings is 1. The zero-order chi connectivity index (χ0) is 17.0. The number of carbonyl (C=O) groups excluding carboxylic acids is 1. The first-order valence-electron chi connectivity index (χ1n) is 8.54. The Morgan fingerprint density at radius 1 is 1.12 bits per heavy atom. The summed E-state index contributed by atoms with van der Waals surface area (Å²) < 4.78 is 2.13. The average molecular weight is 330 g/mol. The molecule has 25 heavy (non-hydrogen) atoms. The highest BCUT2D eigenvalue weighted by molar-refractivity contribution is 5.99. The molecule has 1 amide bonds. The fourth-order valence-electron chi connectivity index (χ4n) is 3.83. The third-order valence-electron chi connectivity index (χ3n) is 5.08. The first-order chi connectivity index (χ1) is 12.2. The lowest BCUT2D eigenvalue weighted by Gasteiger charge is -2.14. The molecule has 5 heteroatoms.